The number of carbonyl (C=O) groups is 3. The highest BCUT2D eigenvalue weighted by molar-refractivity contribution is 5.92. The summed E-state index contributed by atoms with van der Waals surface area (Å²) in [7, 11) is 0. The quantitative estimate of drug-likeness (QED) is 0.768. The van der Waals surface area contributed by atoms with E-state index in [2.05, 4.69) is 24.5 Å². The van der Waals surface area contributed by atoms with Gasteiger partial charge in [0.15, 0.2) is 0 Å². The predicted octanol–water partition coefficient (Wildman–Crippen LogP) is 2.87. The maximum atomic E-state index is 12.0. The van der Waals surface area contributed by atoms with Crippen molar-refractivity contribution in [1.29, 1.82) is 0 Å². The van der Waals surface area contributed by atoms with E-state index in [1.165, 1.54) is 13.8 Å². The molecule has 2 N–H and O–H groups in total. The van der Waals surface area contributed by atoms with Crippen molar-refractivity contribution in [2.24, 2.45) is 5.92 Å². The molecule has 0 radical (unpaired) electrons. The molecule has 3 amide bonds. The van der Waals surface area contributed by atoms with Crippen LogP contribution in [0.1, 0.15) is 40.5 Å². The normalized spacial score (nSPS) is 10.4. The lowest BCUT2D eigenvalue weighted by Crippen LogP contribution is -2.33. The summed E-state index contributed by atoms with van der Waals surface area (Å²) >= 11 is 0. The first kappa shape index (κ1) is 19.7. The zero-order valence-corrected chi connectivity index (χ0v) is 14.9. The second-order valence-corrected chi connectivity index (χ2v) is 6.25. The van der Waals surface area contributed by atoms with Crippen molar-refractivity contribution < 1.29 is 14.4 Å². The molecular weight excluding hydrogens is 306 g/mol. The van der Waals surface area contributed by atoms with Crippen LogP contribution in [-0.4, -0.2) is 35.7 Å². The highest BCUT2D eigenvalue weighted by atomic mass is 16.2. The van der Waals surface area contributed by atoms with Crippen molar-refractivity contribution in [2.45, 2.75) is 40.5 Å². The van der Waals surface area contributed by atoms with Gasteiger partial charge in [0.1, 0.15) is 0 Å². The smallest absolute Gasteiger partial charge is 0.226 e. The predicted molar refractivity (Wildman–Crippen MR) is 95.7 cm³/mol. The molecule has 1 rings (SSSR count). The standard InChI is InChI=1S/C18H27N3O3/c1-13(2)9-11-21(15(4)23)12-10-18(24)20-17-7-5-16(6-8-17)19-14(3)22/h5-8,13H,9-12H2,1-4H3,(H,19,22)(H,20,24). The van der Waals surface area contributed by atoms with Crippen LogP contribution >= 0.6 is 0 Å². The second-order valence-electron chi connectivity index (χ2n) is 6.25. The Morgan fingerprint density at radius 3 is 1.96 bits per heavy atom. The van der Waals surface area contributed by atoms with E-state index in [4.69, 9.17) is 0 Å². The Balaban J connectivity index is 2.46. The van der Waals surface area contributed by atoms with E-state index in [9.17, 15) is 14.4 Å². The minimum Gasteiger partial charge on any atom is -0.342 e. The van der Waals surface area contributed by atoms with E-state index in [0.29, 0.717) is 30.4 Å². The van der Waals surface area contributed by atoms with Gasteiger partial charge < -0.3 is 15.5 Å². The highest BCUT2D eigenvalue weighted by Crippen LogP contribution is 2.14. The van der Waals surface area contributed by atoms with Crippen LogP contribution in [0.15, 0.2) is 24.3 Å². The Hall–Kier alpha value is -2.37. The van der Waals surface area contributed by atoms with Crippen LogP contribution in [-0.2, 0) is 14.4 Å². The Labute approximate surface area is 143 Å². The Morgan fingerprint density at radius 2 is 1.50 bits per heavy atom. The molecule has 1 aromatic rings. The first-order chi connectivity index (χ1) is 11.3. The van der Waals surface area contributed by atoms with E-state index < -0.39 is 0 Å². The molecule has 0 aliphatic rings. The van der Waals surface area contributed by atoms with Gasteiger partial charge in [-0.05, 0) is 36.6 Å². The number of nitrogens with one attached hydrogen (secondary N) is 2. The van der Waals surface area contributed by atoms with Crippen molar-refractivity contribution in [2.75, 3.05) is 23.7 Å². The number of amides is 3. The minimum absolute atomic E-state index is 0.0110. The first-order valence-corrected chi connectivity index (χ1v) is 8.21. The molecule has 0 bridgehead atoms. The van der Waals surface area contributed by atoms with Crippen molar-refractivity contribution in [3.05, 3.63) is 24.3 Å². The van der Waals surface area contributed by atoms with E-state index in [0.717, 1.165) is 6.42 Å². The molecule has 6 heteroatoms. The lowest BCUT2D eigenvalue weighted by molar-refractivity contribution is -0.129. The molecule has 1 aromatic carbocycles. The average Bonchev–Trinajstić information content (AvgIpc) is 2.48. The molecule has 0 heterocycles. The number of rotatable bonds is 8. The van der Waals surface area contributed by atoms with Crippen molar-refractivity contribution in [3.63, 3.8) is 0 Å². The van der Waals surface area contributed by atoms with Crippen LogP contribution in [0.5, 0.6) is 0 Å². The molecule has 0 aliphatic heterocycles. The molecule has 0 spiro atoms. The summed E-state index contributed by atoms with van der Waals surface area (Å²) in [5.41, 5.74) is 1.34. The number of anilines is 2. The third kappa shape index (κ3) is 7.76. The fourth-order valence-electron chi connectivity index (χ4n) is 2.14. The maximum absolute atomic E-state index is 12.0. The molecule has 0 aliphatic carbocycles. The third-order valence-corrected chi connectivity index (χ3v) is 3.52. The molecular formula is C18H27N3O3. The summed E-state index contributed by atoms with van der Waals surface area (Å²) in [6.07, 6.45) is 1.18. The van der Waals surface area contributed by atoms with Crippen LogP contribution in [0.2, 0.25) is 0 Å². The van der Waals surface area contributed by atoms with Gasteiger partial charge in [-0.2, -0.15) is 0 Å². The SMILES string of the molecule is CC(=O)Nc1ccc(NC(=O)CCN(CCC(C)C)C(C)=O)cc1. The van der Waals surface area contributed by atoms with Gasteiger partial charge in [0.2, 0.25) is 17.7 Å². The number of carbonyl (C=O) groups excluding carboxylic acids is 3. The summed E-state index contributed by atoms with van der Waals surface area (Å²) in [6, 6.07) is 6.90. The van der Waals surface area contributed by atoms with E-state index in [1.54, 1.807) is 29.2 Å². The molecule has 0 atom stereocenters. The highest BCUT2D eigenvalue weighted by Gasteiger charge is 2.12. The Kier molecular flexibility index (Phi) is 7.95. The fourth-order valence-corrected chi connectivity index (χ4v) is 2.14. The molecule has 6 nitrogen and oxygen atoms in total. The molecule has 0 fully saturated rings. The lowest BCUT2D eigenvalue weighted by Gasteiger charge is -2.21. The Bertz CT molecular complexity index is 567. The van der Waals surface area contributed by atoms with Gasteiger partial charge in [0, 0.05) is 44.7 Å². The minimum atomic E-state index is -0.141. The van der Waals surface area contributed by atoms with Gasteiger partial charge >= 0.3 is 0 Å². The molecule has 0 unspecified atom stereocenters. The largest absolute Gasteiger partial charge is 0.342 e. The van der Waals surface area contributed by atoms with Crippen LogP contribution in [0.25, 0.3) is 0 Å². The number of nitrogens with zero attached hydrogens (tertiary/aromatic N) is 1. The topological polar surface area (TPSA) is 78.5 Å². The maximum Gasteiger partial charge on any atom is 0.226 e. The van der Waals surface area contributed by atoms with Crippen LogP contribution < -0.4 is 10.6 Å². The zero-order chi connectivity index (χ0) is 18.1. The van der Waals surface area contributed by atoms with Gasteiger partial charge in [-0.1, -0.05) is 13.8 Å². The monoisotopic (exact) mass is 333 g/mol. The summed E-state index contributed by atoms with van der Waals surface area (Å²) in [4.78, 5) is 36.3. The average molecular weight is 333 g/mol. The van der Waals surface area contributed by atoms with Crippen LogP contribution in [0, 0.1) is 5.92 Å². The van der Waals surface area contributed by atoms with Crippen molar-refractivity contribution in [3.8, 4) is 0 Å². The van der Waals surface area contributed by atoms with Gasteiger partial charge in [0.25, 0.3) is 0 Å². The fraction of sp³-hybridized carbons (Fsp3) is 0.500. The van der Waals surface area contributed by atoms with Crippen LogP contribution in [0.4, 0.5) is 11.4 Å². The van der Waals surface area contributed by atoms with Gasteiger partial charge in [-0.25, -0.2) is 0 Å². The number of hydrogen-bond donors (Lipinski definition) is 2. The van der Waals surface area contributed by atoms with Crippen molar-refractivity contribution >= 4 is 29.1 Å². The van der Waals surface area contributed by atoms with Gasteiger partial charge in [-0.3, -0.25) is 14.4 Å². The van der Waals surface area contributed by atoms with E-state index >= 15 is 0 Å². The van der Waals surface area contributed by atoms with Gasteiger partial charge in [-0.15, -0.1) is 0 Å². The molecule has 0 saturated carbocycles. The van der Waals surface area contributed by atoms with Crippen LogP contribution in [0.3, 0.4) is 0 Å². The second kappa shape index (κ2) is 9.70. The summed E-state index contributed by atoms with van der Waals surface area (Å²) in [5, 5.41) is 5.46. The van der Waals surface area contributed by atoms with E-state index in [-0.39, 0.29) is 24.1 Å². The molecule has 132 valence electrons. The zero-order valence-electron chi connectivity index (χ0n) is 14.9. The summed E-state index contributed by atoms with van der Waals surface area (Å²) in [6.45, 7) is 8.27. The number of hydrogen-bond acceptors (Lipinski definition) is 3. The third-order valence-electron chi connectivity index (χ3n) is 3.52. The summed E-state index contributed by atoms with van der Waals surface area (Å²) < 4.78 is 0. The van der Waals surface area contributed by atoms with E-state index in [1.807, 2.05) is 0 Å². The first-order valence-electron chi connectivity index (χ1n) is 8.21. The molecule has 24 heavy (non-hydrogen) atoms. The summed E-state index contributed by atoms with van der Waals surface area (Å²) in [5.74, 6) is 0.224. The number of benzene rings is 1. The Morgan fingerprint density at radius 1 is 0.958 bits per heavy atom. The molecule has 0 aromatic heterocycles. The van der Waals surface area contributed by atoms with Gasteiger partial charge in [0.05, 0.1) is 0 Å². The van der Waals surface area contributed by atoms with Crippen molar-refractivity contribution in [1.82, 2.24) is 4.90 Å². The molecule has 0 saturated heterocycles. The lowest BCUT2D eigenvalue weighted by atomic mass is 10.1.